The molecule has 0 saturated carbocycles. The van der Waals surface area contributed by atoms with Crippen LogP contribution < -0.4 is 0 Å². The van der Waals surface area contributed by atoms with Gasteiger partial charge in [0, 0.05) is 16.7 Å². The first-order valence-corrected chi connectivity index (χ1v) is 7.16. The molecule has 84 valence electrons. The lowest BCUT2D eigenvalue weighted by molar-refractivity contribution is 0.0883. The van der Waals surface area contributed by atoms with Gasteiger partial charge in [0.15, 0.2) is 0 Å². The molecule has 0 N–H and O–H groups in total. The first-order valence-electron chi connectivity index (χ1n) is 5.94. The highest BCUT2D eigenvalue weighted by Crippen LogP contribution is 2.75. The molecule has 0 radical (unpaired) electrons. The number of hydrogen-bond acceptors (Lipinski definition) is 2. The highest BCUT2D eigenvalue weighted by Gasteiger charge is 2.73. The second-order valence-electron chi connectivity index (χ2n) is 5.88. The Kier molecular flexibility index (Phi) is 1.89. The van der Waals surface area contributed by atoms with Gasteiger partial charge in [0.2, 0.25) is 0 Å². The highest BCUT2D eigenvalue weighted by molar-refractivity contribution is 8.03. The van der Waals surface area contributed by atoms with Gasteiger partial charge in [0.05, 0.1) is 9.86 Å². The molecule has 3 fully saturated rings. The Morgan fingerprint density at radius 1 is 1.27 bits per heavy atom. The third-order valence-corrected chi connectivity index (χ3v) is 7.69. The summed E-state index contributed by atoms with van der Waals surface area (Å²) in [6, 6.07) is 0. The minimum atomic E-state index is 0.381. The van der Waals surface area contributed by atoms with Crippen molar-refractivity contribution in [1.29, 1.82) is 0 Å². The van der Waals surface area contributed by atoms with Crippen molar-refractivity contribution in [3.63, 3.8) is 0 Å². The van der Waals surface area contributed by atoms with E-state index in [4.69, 9.17) is 12.2 Å². The second kappa shape index (κ2) is 2.73. The number of rotatable bonds is 0. The summed E-state index contributed by atoms with van der Waals surface area (Å²) in [7, 11) is 0. The Morgan fingerprint density at radius 2 is 2.00 bits per heavy atom. The quantitative estimate of drug-likeness (QED) is 0.598. The van der Waals surface area contributed by atoms with Crippen LogP contribution in [0.4, 0.5) is 0 Å². The summed E-state index contributed by atoms with van der Waals surface area (Å²) in [5, 5.41) is 0. The molecular formula is C12H19NS2. The minimum absolute atomic E-state index is 0.381. The van der Waals surface area contributed by atoms with Gasteiger partial charge in [-0.15, -0.1) is 11.8 Å². The molecule has 3 saturated heterocycles. The van der Waals surface area contributed by atoms with E-state index in [1.807, 2.05) is 0 Å². The molecule has 2 atom stereocenters. The van der Waals surface area contributed by atoms with E-state index < -0.39 is 0 Å². The van der Waals surface area contributed by atoms with Crippen LogP contribution in [0.5, 0.6) is 0 Å². The zero-order chi connectivity index (χ0) is 10.9. The topological polar surface area (TPSA) is 3.24 Å². The number of thioether (sulfide) groups is 1. The first kappa shape index (κ1) is 10.4. The second-order valence-corrected chi connectivity index (χ2v) is 8.25. The molecule has 1 spiro atoms. The van der Waals surface area contributed by atoms with E-state index in [9.17, 15) is 0 Å². The molecular weight excluding hydrogens is 222 g/mol. The van der Waals surface area contributed by atoms with Crippen molar-refractivity contribution >= 4 is 29.0 Å². The lowest BCUT2D eigenvalue weighted by atomic mass is 9.68. The van der Waals surface area contributed by atoms with Crippen LogP contribution in [0.2, 0.25) is 0 Å². The van der Waals surface area contributed by atoms with Crippen molar-refractivity contribution in [3.8, 4) is 0 Å². The molecule has 2 unspecified atom stereocenters. The lowest BCUT2D eigenvalue weighted by Gasteiger charge is -2.67. The fourth-order valence-corrected chi connectivity index (χ4v) is 6.62. The van der Waals surface area contributed by atoms with Crippen LogP contribution >= 0.6 is 24.0 Å². The van der Waals surface area contributed by atoms with Crippen LogP contribution in [-0.2, 0) is 0 Å². The maximum Gasteiger partial charge on any atom is 0.0937 e. The van der Waals surface area contributed by atoms with Crippen LogP contribution in [0.1, 0.15) is 46.5 Å². The number of hydrogen-bond donors (Lipinski definition) is 0. The standard InChI is InChI=1S/C12H19NS2/c1-10(2)11(3)7-8-13-9(14)5-4-6-12(11,13)15-10/h4-8H2,1-3H3. The van der Waals surface area contributed by atoms with E-state index in [1.165, 1.54) is 30.8 Å². The molecule has 15 heavy (non-hydrogen) atoms. The van der Waals surface area contributed by atoms with Gasteiger partial charge in [-0.1, -0.05) is 19.1 Å². The smallest absolute Gasteiger partial charge is 0.0937 e. The average molecular weight is 241 g/mol. The number of thiocarbonyl (C=S) groups is 1. The van der Waals surface area contributed by atoms with E-state index in [2.05, 4.69) is 37.4 Å². The van der Waals surface area contributed by atoms with Gasteiger partial charge in [-0.2, -0.15) is 0 Å². The predicted octanol–water partition coefficient (Wildman–Crippen LogP) is 3.43. The minimum Gasteiger partial charge on any atom is -0.351 e. The zero-order valence-corrected chi connectivity index (χ0v) is 11.4. The van der Waals surface area contributed by atoms with E-state index in [1.54, 1.807) is 0 Å². The van der Waals surface area contributed by atoms with E-state index in [-0.39, 0.29) is 0 Å². The SMILES string of the molecule is CC1(C)SC23CCCC(=S)N2CCC13C. The van der Waals surface area contributed by atoms with Gasteiger partial charge < -0.3 is 4.90 Å². The van der Waals surface area contributed by atoms with E-state index in [0.29, 0.717) is 15.0 Å². The molecule has 0 aromatic rings. The van der Waals surface area contributed by atoms with Crippen LogP contribution in [-0.4, -0.2) is 26.1 Å². The van der Waals surface area contributed by atoms with E-state index in [0.717, 1.165) is 6.42 Å². The maximum absolute atomic E-state index is 5.54. The first-order chi connectivity index (χ1) is 6.93. The fraction of sp³-hybridized carbons (Fsp3) is 0.917. The molecule has 3 heterocycles. The molecule has 3 aliphatic rings. The lowest BCUT2D eigenvalue weighted by Crippen LogP contribution is -2.69. The molecule has 0 aromatic heterocycles. The van der Waals surface area contributed by atoms with Crippen molar-refractivity contribution in [1.82, 2.24) is 4.90 Å². The van der Waals surface area contributed by atoms with Crippen molar-refractivity contribution in [2.24, 2.45) is 5.41 Å². The molecule has 3 aliphatic heterocycles. The number of piperidine rings is 1. The highest BCUT2D eigenvalue weighted by atomic mass is 32.2. The van der Waals surface area contributed by atoms with Crippen LogP contribution in [0.15, 0.2) is 0 Å². The third-order valence-electron chi connectivity index (χ3n) is 5.09. The summed E-state index contributed by atoms with van der Waals surface area (Å²) in [5.41, 5.74) is 0.481. The van der Waals surface area contributed by atoms with Crippen molar-refractivity contribution in [3.05, 3.63) is 0 Å². The van der Waals surface area contributed by atoms with Crippen molar-refractivity contribution < 1.29 is 0 Å². The van der Waals surface area contributed by atoms with Gasteiger partial charge in [-0.3, -0.25) is 0 Å². The van der Waals surface area contributed by atoms with Gasteiger partial charge in [0.1, 0.15) is 0 Å². The number of nitrogens with zero attached hydrogens (tertiary/aromatic N) is 1. The fourth-order valence-electron chi connectivity index (χ4n) is 3.84. The zero-order valence-electron chi connectivity index (χ0n) is 9.80. The summed E-state index contributed by atoms with van der Waals surface area (Å²) in [4.78, 5) is 4.17. The summed E-state index contributed by atoms with van der Waals surface area (Å²) >= 11 is 7.71. The summed E-state index contributed by atoms with van der Waals surface area (Å²) in [6.45, 7) is 8.50. The van der Waals surface area contributed by atoms with Crippen molar-refractivity contribution in [2.45, 2.75) is 56.1 Å². The molecule has 3 rings (SSSR count). The Labute approximate surface area is 102 Å². The van der Waals surface area contributed by atoms with Gasteiger partial charge in [0.25, 0.3) is 0 Å². The van der Waals surface area contributed by atoms with Crippen molar-refractivity contribution in [2.75, 3.05) is 6.54 Å². The van der Waals surface area contributed by atoms with Gasteiger partial charge >= 0.3 is 0 Å². The van der Waals surface area contributed by atoms with Crippen LogP contribution in [0.25, 0.3) is 0 Å². The monoisotopic (exact) mass is 241 g/mol. The van der Waals surface area contributed by atoms with Crippen LogP contribution in [0, 0.1) is 5.41 Å². The predicted molar refractivity (Wildman–Crippen MR) is 70.3 cm³/mol. The van der Waals surface area contributed by atoms with Gasteiger partial charge in [-0.25, -0.2) is 0 Å². The third kappa shape index (κ3) is 0.956. The molecule has 1 nitrogen and oxygen atoms in total. The van der Waals surface area contributed by atoms with Crippen LogP contribution in [0.3, 0.4) is 0 Å². The molecule has 3 heteroatoms. The summed E-state index contributed by atoms with van der Waals surface area (Å²) in [6.07, 6.45) is 5.12. The Morgan fingerprint density at radius 3 is 2.67 bits per heavy atom. The maximum atomic E-state index is 5.54. The summed E-state index contributed by atoms with van der Waals surface area (Å²) < 4.78 is 0.439. The normalized spacial score (nSPS) is 47.1. The molecule has 0 bridgehead atoms. The average Bonchev–Trinajstić information content (AvgIpc) is 2.39. The Hall–Kier alpha value is 0.240. The largest absolute Gasteiger partial charge is 0.351 e. The summed E-state index contributed by atoms with van der Waals surface area (Å²) in [5.74, 6) is 0. The Balaban J connectivity index is 2.03. The molecule has 0 aliphatic carbocycles. The van der Waals surface area contributed by atoms with Gasteiger partial charge in [-0.05, 0) is 39.5 Å². The molecule has 0 amide bonds. The van der Waals surface area contributed by atoms with E-state index >= 15 is 0 Å². The Bertz CT molecular complexity index is 339. The molecule has 0 aromatic carbocycles.